The molecule has 0 amide bonds. The third-order valence-corrected chi connectivity index (χ3v) is 6.41. The number of hydrogen-bond donors (Lipinski definition) is 1. The van der Waals surface area contributed by atoms with Crippen molar-refractivity contribution in [2.24, 2.45) is 28.9 Å². The molecule has 0 aliphatic heterocycles. The highest BCUT2D eigenvalue weighted by molar-refractivity contribution is 5.02. The molecule has 1 atom stereocenters. The van der Waals surface area contributed by atoms with E-state index < -0.39 is 0 Å². The summed E-state index contributed by atoms with van der Waals surface area (Å²) in [7, 11) is 0. The van der Waals surface area contributed by atoms with Gasteiger partial charge in [0.2, 0.25) is 0 Å². The van der Waals surface area contributed by atoms with E-state index in [1.54, 1.807) is 0 Å². The van der Waals surface area contributed by atoms with Crippen LogP contribution >= 0.6 is 0 Å². The maximum Gasteiger partial charge on any atom is 0.0993 e. The van der Waals surface area contributed by atoms with E-state index in [0.717, 1.165) is 36.4 Å². The summed E-state index contributed by atoms with van der Waals surface area (Å²) in [5.41, 5.74) is 7.61. The first-order valence-electron chi connectivity index (χ1n) is 8.81. The normalized spacial score (nSPS) is 38.9. The summed E-state index contributed by atoms with van der Waals surface area (Å²) in [6.45, 7) is 3.12. The highest BCUT2D eigenvalue weighted by atomic mass is 15.4. The van der Waals surface area contributed by atoms with Crippen molar-refractivity contribution in [2.75, 3.05) is 0 Å². The van der Waals surface area contributed by atoms with Gasteiger partial charge in [0.25, 0.3) is 0 Å². The molecule has 4 fully saturated rings. The van der Waals surface area contributed by atoms with Crippen LogP contribution in [0.15, 0.2) is 6.20 Å². The van der Waals surface area contributed by atoms with Crippen LogP contribution in [0, 0.1) is 23.2 Å². The van der Waals surface area contributed by atoms with Crippen molar-refractivity contribution < 1.29 is 0 Å². The van der Waals surface area contributed by atoms with Crippen molar-refractivity contribution in [2.45, 2.75) is 70.9 Å². The molecule has 5 rings (SSSR count). The molecule has 116 valence electrons. The van der Waals surface area contributed by atoms with Crippen molar-refractivity contribution in [3.05, 3.63) is 11.9 Å². The molecule has 4 nitrogen and oxygen atoms in total. The molecule has 4 aliphatic carbocycles. The fourth-order valence-corrected chi connectivity index (χ4v) is 5.75. The third kappa shape index (κ3) is 2.52. The average Bonchev–Trinajstić information content (AvgIpc) is 2.92. The number of rotatable bonds is 5. The number of aryl methyl sites for hydroxylation is 1. The average molecular weight is 288 g/mol. The second-order valence-corrected chi connectivity index (χ2v) is 8.09. The van der Waals surface area contributed by atoms with Crippen LogP contribution in [0.1, 0.15) is 70.0 Å². The molecular weight excluding hydrogens is 260 g/mol. The number of nitrogens with zero attached hydrogens (tertiary/aromatic N) is 3. The van der Waals surface area contributed by atoms with E-state index >= 15 is 0 Å². The molecule has 0 radical (unpaired) electrons. The first-order chi connectivity index (χ1) is 10.2. The summed E-state index contributed by atoms with van der Waals surface area (Å²) in [4.78, 5) is 0. The van der Waals surface area contributed by atoms with Crippen LogP contribution in [-0.2, 0) is 6.54 Å². The van der Waals surface area contributed by atoms with Gasteiger partial charge in [0, 0.05) is 6.54 Å². The monoisotopic (exact) mass is 288 g/mol. The highest BCUT2D eigenvalue weighted by Gasteiger charge is 2.50. The van der Waals surface area contributed by atoms with E-state index in [0.29, 0.717) is 5.41 Å². The van der Waals surface area contributed by atoms with Gasteiger partial charge in [-0.1, -0.05) is 12.1 Å². The van der Waals surface area contributed by atoms with E-state index in [2.05, 4.69) is 23.4 Å². The van der Waals surface area contributed by atoms with Crippen LogP contribution in [0.5, 0.6) is 0 Å². The minimum atomic E-state index is 0.0401. The van der Waals surface area contributed by atoms with Gasteiger partial charge in [0.1, 0.15) is 0 Å². The molecular formula is C17H28N4. The molecule has 4 aliphatic rings. The van der Waals surface area contributed by atoms with Gasteiger partial charge in [0.05, 0.1) is 17.9 Å². The van der Waals surface area contributed by atoms with E-state index in [1.807, 2.05) is 4.68 Å². The van der Waals surface area contributed by atoms with Crippen molar-refractivity contribution in [1.82, 2.24) is 15.0 Å². The van der Waals surface area contributed by atoms with Gasteiger partial charge in [-0.25, -0.2) is 0 Å². The Morgan fingerprint density at radius 3 is 2.43 bits per heavy atom. The smallest absolute Gasteiger partial charge is 0.0993 e. The molecule has 0 aromatic carbocycles. The standard InChI is InChI=1S/C17H28N4/c1-2-15(18)16-11-21(20-19-16)4-3-17-8-12-5-13(9-17)7-14(6-12)10-17/h11-15H,2-10,18H2,1H3. The summed E-state index contributed by atoms with van der Waals surface area (Å²) in [6.07, 6.45) is 13.3. The topological polar surface area (TPSA) is 56.7 Å². The molecule has 1 heterocycles. The second-order valence-electron chi connectivity index (χ2n) is 8.09. The lowest BCUT2D eigenvalue weighted by Gasteiger charge is -2.57. The van der Waals surface area contributed by atoms with Crippen molar-refractivity contribution in [1.29, 1.82) is 0 Å². The summed E-state index contributed by atoms with van der Waals surface area (Å²) in [5.74, 6) is 3.11. The Bertz CT molecular complexity index is 471. The van der Waals surface area contributed by atoms with Crippen LogP contribution in [0.25, 0.3) is 0 Å². The molecule has 4 saturated carbocycles. The lowest BCUT2D eigenvalue weighted by molar-refractivity contribution is -0.0596. The SMILES string of the molecule is CCC(N)c1cn(CCC23CC4CC(CC(C4)C2)C3)nn1. The maximum atomic E-state index is 6.03. The summed E-state index contributed by atoms with van der Waals surface area (Å²) in [6, 6.07) is 0.0401. The van der Waals surface area contributed by atoms with Crippen LogP contribution < -0.4 is 5.73 Å². The van der Waals surface area contributed by atoms with Gasteiger partial charge in [0.15, 0.2) is 0 Å². The van der Waals surface area contributed by atoms with E-state index in [9.17, 15) is 0 Å². The van der Waals surface area contributed by atoms with Gasteiger partial charge in [-0.05, 0) is 74.5 Å². The first-order valence-corrected chi connectivity index (χ1v) is 8.81. The largest absolute Gasteiger partial charge is 0.323 e. The van der Waals surface area contributed by atoms with Gasteiger partial charge >= 0.3 is 0 Å². The quantitative estimate of drug-likeness (QED) is 0.904. The van der Waals surface area contributed by atoms with Gasteiger partial charge < -0.3 is 5.73 Å². The molecule has 4 bridgehead atoms. The summed E-state index contributed by atoms with van der Waals surface area (Å²) < 4.78 is 2.03. The fourth-order valence-electron chi connectivity index (χ4n) is 5.75. The number of hydrogen-bond acceptors (Lipinski definition) is 3. The minimum absolute atomic E-state index is 0.0401. The molecule has 4 heteroatoms. The lowest BCUT2D eigenvalue weighted by atomic mass is 9.49. The zero-order valence-corrected chi connectivity index (χ0v) is 13.2. The zero-order chi connectivity index (χ0) is 14.4. The zero-order valence-electron chi connectivity index (χ0n) is 13.2. The Kier molecular flexibility index (Phi) is 3.32. The number of aromatic nitrogens is 3. The predicted octanol–water partition coefficient (Wildman–Crippen LogP) is 3.29. The fraction of sp³-hybridized carbons (Fsp3) is 0.882. The third-order valence-electron chi connectivity index (χ3n) is 6.41. The van der Waals surface area contributed by atoms with E-state index in [4.69, 9.17) is 5.73 Å². The van der Waals surface area contributed by atoms with Crippen molar-refractivity contribution in [3.63, 3.8) is 0 Å². The molecule has 0 saturated heterocycles. The second kappa shape index (κ2) is 5.08. The summed E-state index contributed by atoms with van der Waals surface area (Å²) >= 11 is 0. The van der Waals surface area contributed by atoms with Crippen LogP contribution in [-0.4, -0.2) is 15.0 Å². The van der Waals surface area contributed by atoms with Crippen LogP contribution in [0.4, 0.5) is 0 Å². The molecule has 0 spiro atoms. The molecule has 1 aromatic rings. The summed E-state index contributed by atoms with van der Waals surface area (Å²) in [5, 5.41) is 8.53. The Morgan fingerprint density at radius 1 is 1.24 bits per heavy atom. The van der Waals surface area contributed by atoms with Crippen LogP contribution in [0.2, 0.25) is 0 Å². The number of nitrogens with two attached hydrogens (primary N) is 1. The molecule has 2 N–H and O–H groups in total. The van der Waals surface area contributed by atoms with E-state index in [1.165, 1.54) is 44.9 Å². The highest BCUT2D eigenvalue weighted by Crippen LogP contribution is 2.61. The molecule has 1 unspecified atom stereocenters. The van der Waals surface area contributed by atoms with Crippen molar-refractivity contribution in [3.8, 4) is 0 Å². The minimum Gasteiger partial charge on any atom is -0.323 e. The Labute approximate surface area is 127 Å². The first kappa shape index (κ1) is 13.7. The Balaban J connectivity index is 1.41. The Morgan fingerprint density at radius 2 is 1.86 bits per heavy atom. The lowest BCUT2D eigenvalue weighted by Crippen LogP contribution is -2.46. The van der Waals surface area contributed by atoms with Gasteiger partial charge in [-0.15, -0.1) is 5.10 Å². The van der Waals surface area contributed by atoms with Gasteiger partial charge in [-0.3, -0.25) is 4.68 Å². The van der Waals surface area contributed by atoms with Gasteiger partial charge in [-0.2, -0.15) is 0 Å². The molecule has 21 heavy (non-hydrogen) atoms. The van der Waals surface area contributed by atoms with Crippen molar-refractivity contribution >= 4 is 0 Å². The van der Waals surface area contributed by atoms with Crippen LogP contribution in [0.3, 0.4) is 0 Å². The predicted molar refractivity (Wildman–Crippen MR) is 82.5 cm³/mol. The molecule has 1 aromatic heterocycles. The maximum absolute atomic E-state index is 6.03. The van der Waals surface area contributed by atoms with E-state index in [-0.39, 0.29) is 6.04 Å². The Hall–Kier alpha value is -0.900.